The lowest BCUT2D eigenvalue weighted by Gasteiger charge is -2.36. The highest BCUT2D eigenvalue weighted by molar-refractivity contribution is 5.80. The molecule has 0 amide bonds. The molecule has 8 nitrogen and oxygen atoms in total. The Balaban J connectivity index is 1.32. The van der Waals surface area contributed by atoms with E-state index < -0.39 is 0 Å². The third kappa shape index (κ3) is 4.11. The van der Waals surface area contributed by atoms with Crippen LogP contribution in [0.4, 0.5) is 5.95 Å². The fourth-order valence-electron chi connectivity index (χ4n) is 3.18. The van der Waals surface area contributed by atoms with Crippen molar-refractivity contribution in [2.24, 2.45) is 4.99 Å². The van der Waals surface area contributed by atoms with Crippen molar-refractivity contribution in [3.05, 3.63) is 60.7 Å². The largest absolute Gasteiger partial charge is 0.444 e. The molecular weight excluding hydrogens is 354 g/mol. The maximum absolute atomic E-state index is 5.60. The Morgan fingerprint density at radius 1 is 1.07 bits per heavy atom. The third-order valence-electron chi connectivity index (χ3n) is 4.63. The highest BCUT2D eigenvalue weighted by Gasteiger charge is 2.21. The molecule has 3 heterocycles. The number of benzene rings is 1. The molecule has 8 heteroatoms. The van der Waals surface area contributed by atoms with Gasteiger partial charge in [-0.3, -0.25) is 4.99 Å². The van der Waals surface area contributed by atoms with Crippen LogP contribution in [0, 0.1) is 0 Å². The SMILES string of the molecule is CN=C(NCc1coc(-c2ccccc2)n1)N1CCN(c2ncccn2)CC1. The normalized spacial score (nSPS) is 15.0. The number of hydrogen-bond acceptors (Lipinski definition) is 6. The Bertz CT molecular complexity index is 903. The van der Waals surface area contributed by atoms with E-state index in [4.69, 9.17) is 4.42 Å². The first-order chi connectivity index (χ1) is 13.8. The number of rotatable bonds is 4. The zero-order chi connectivity index (χ0) is 19.2. The predicted molar refractivity (Wildman–Crippen MR) is 108 cm³/mol. The topological polar surface area (TPSA) is 82.7 Å². The molecule has 0 bridgehead atoms. The summed E-state index contributed by atoms with van der Waals surface area (Å²) in [7, 11) is 1.80. The summed E-state index contributed by atoms with van der Waals surface area (Å²) in [6, 6.07) is 11.7. The zero-order valence-electron chi connectivity index (χ0n) is 15.8. The molecule has 1 aromatic carbocycles. The minimum atomic E-state index is 0.561. The van der Waals surface area contributed by atoms with Gasteiger partial charge in [0.1, 0.15) is 6.26 Å². The molecule has 1 fully saturated rings. The van der Waals surface area contributed by atoms with E-state index in [1.807, 2.05) is 36.4 Å². The summed E-state index contributed by atoms with van der Waals surface area (Å²) in [4.78, 5) is 22.0. The lowest BCUT2D eigenvalue weighted by Crippen LogP contribution is -2.52. The number of anilines is 1. The molecule has 2 aromatic heterocycles. The van der Waals surface area contributed by atoms with Gasteiger partial charge in [-0.05, 0) is 18.2 Å². The van der Waals surface area contributed by atoms with E-state index in [0.717, 1.165) is 49.3 Å². The first-order valence-electron chi connectivity index (χ1n) is 9.31. The maximum atomic E-state index is 5.60. The molecule has 3 aromatic rings. The van der Waals surface area contributed by atoms with E-state index in [-0.39, 0.29) is 0 Å². The fraction of sp³-hybridized carbons (Fsp3) is 0.300. The molecule has 1 N–H and O–H groups in total. The van der Waals surface area contributed by atoms with Crippen molar-refractivity contribution in [2.75, 3.05) is 38.1 Å². The van der Waals surface area contributed by atoms with Gasteiger partial charge in [0.05, 0.1) is 12.2 Å². The Morgan fingerprint density at radius 3 is 2.54 bits per heavy atom. The molecule has 28 heavy (non-hydrogen) atoms. The average Bonchev–Trinajstić information content (AvgIpc) is 3.25. The summed E-state index contributed by atoms with van der Waals surface area (Å²) in [6.45, 7) is 3.97. The molecule has 0 unspecified atom stereocenters. The summed E-state index contributed by atoms with van der Waals surface area (Å²) in [5.74, 6) is 2.27. The molecule has 0 saturated carbocycles. The number of nitrogens with zero attached hydrogens (tertiary/aromatic N) is 6. The van der Waals surface area contributed by atoms with Gasteiger partial charge in [-0.2, -0.15) is 0 Å². The number of oxazole rings is 1. The van der Waals surface area contributed by atoms with Crippen molar-refractivity contribution in [2.45, 2.75) is 6.54 Å². The maximum Gasteiger partial charge on any atom is 0.226 e. The minimum absolute atomic E-state index is 0.561. The molecule has 0 aliphatic carbocycles. The van der Waals surface area contributed by atoms with Crippen LogP contribution in [0.3, 0.4) is 0 Å². The Morgan fingerprint density at radius 2 is 1.82 bits per heavy atom. The number of guanidine groups is 1. The fourth-order valence-corrected chi connectivity index (χ4v) is 3.18. The van der Waals surface area contributed by atoms with Crippen LogP contribution in [0.1, 0.15) is 5.69 Å². The van der Waals surface area contributed by atoms with Gasteiger partial charge in [0.15, 0.2) is 5.96 Å². The van der Waals surface area contributed by atoms with Gasteiger partial charge in [0.25, 0.3) is 0 Å². The molecule has 0 spiro atoms. The number of hydrogen-bond donors (Lipinski definition) is 1. The van der Waals surface area contributed by atoms with Gasteiger partial charge < -0.3 is 19.5 Å². The van der Waals surface area contributed by atoms with Crippen LogP contribution >= 0.6 is 0 Å². The monoisotopic (exact) mass is 377 g/mol. The van der Waals surface area contributed by atoms with E-state index in [9.17, 15) is 0 Å². The number of aliphatic imine (C=N–C) groups is 1. The standard InChI is InChI=1S/C20H23N7O/c1-21-19(26-10-12-27(13-11-26)20-22-8-5-9-23-20)24-14-17-15-28-18(25-17)16-6-3-2-4-7-16/h2-9,15H,10-14H2,1H3,(H,21,24). The summed E-state index contributed by atoms with van der Waals surface area (Å²) in [6.07, 6.45) is 5.24. The van der Waals surface area contributed by atoms with E-state index in [2.05, 4.69) is 35.1 Å². The third-order valence-corrected chi connectivity index (χ3v) is 4.63. The van der Waals surface area contributed by atoms with Gasteiger partial charge >= 0.3 is 0 Å². The highest BCUT2D eigenvalue weighted by atomic mass is 16.3. The van der Waals surface area contributed by atoms with Crippen molar-refractivity contribution in [1.29, 1.82) is 0 Å². The first kappa shape index (κ1) is 18.0. The second-order valence-electron chi connectivity index (χ2n) is 6.43. The summed E-state index contributed by atoms with van der Waals surface area (Å²) >= 11 is 0. The van der Waals surface area contributed by atoms with E-state index in [1.54, 1.807) is 25.7 Å². The van der Waals surface area contributed by atoms with Crippen molar-refractivity contribution in [3.8, 4) is 11.5 Å². The van der Waals surface area contributed by atoms with Gasteiger partial charge in [-0.15, -0.1) is 0 Å². The first-order valence-corrected chi connectivity index (χ1v) is 9.31. The van der Waals surface area contributed by atoms with E-state index in [1.165, 1.54) is 0 Å². The predicted octanol–water partition coefficient (Wildman–Crippen LogP) is 2.03. The number of aromatic nitrogens is 3. The second-order valence-corrected chi connectivity index (χ2v) is 6.43. The Kier molecular flexibility index (Phi) is 5.46. The van der Waals surface area contributed by atoms with Crippen LogP contribution in [-0.4, -0.2) is 59.0 Å². The smallest absolute Gasteiger partial charge is 0.226 e. The number of nitrogens with one attached hydrogen (secondary N) is 1. The van der Waals surface area contributed by atoms with Crippen LogP contribution in [-0.2, 0) is 6.54 Å². The minimum Gasteiger partial charge on any atom is -0.444 e. The average molecular weight is 377 g/mol. The van der Waals surface area contributed by atoms with Gasteiger partial charge in [0.2, 0.25) is 11.8 Å². The molecule has 0 atom stereocenters. The second kappa shape index (κ2) is 8.51. The lowest BCUT2D eigenvalue weighted by molar-refractivity contribution is 0.370. The van der Waals surface area contributed by atoms with Crippen molar-refractivity contribution >= 4 is 11.9 Å². The lowest BCUT2D eigenvalue weighted by atomic mass is 10.2. The van der Waals surface area contributed by atoms with Gasteiger partial charge in [-0.25, -0.2) is 15.0 Å². The van der Waals surface area contributed by atoms with Crippen LogP contribution in [0.15, 0.2) is 64.5 Å². The summed E-state index contributed by atoms with van der Waals surface area (Å²) in [5.41, 5.74) is 1.81. The Labute approximate surface area is 164 Å². The molecule has 4 rings (SSSR count). The quantitative estimate of drug-likeness (QED) is 0.550. The highest BCUT2D eigenvalue weighted by Crippen LogP contribution is 2.18. The van der Waals surface area contributed by atoms with Gasteiger partial charge in [-0.1, -0.05) is 18.2 Å². The van der Waals surface area contributed by atoms with Gasteiger partial charge in [0, 0.05) is 51.2 Å². The molecule has 144 valence electrons. The van der Waals surface area contributed by atoms with Crippen LogP contribution in [0.2, 0.25) is 0 Å². The zero-order valence-corrected chi connectivity index (χ0v) is 15.8. The molecule has 1 aliphatic rings. The molecule has 0 radical (unpaired) electrons. The molecule has 1 saturated heterocycles. The van der Waals surface area contributed by atoms with Crippen molar-refractivity contribution < 1.29 is 4.42 Å². The van der Waals surface area contributed by atoms with Crippen LogP contribution < -0.4 is 10.2 Å². The van der Waals surface area contributed by atoms with Crippen LogP contribution in [0.25, 0.3) is 11.5 Å². The number of piperazine rings is 1. The summed E-state index contributed by atoms with van der Waals surface area (Å²) in [5, 5.41) is 3.38. The van der Waals surface area contributed by atoms with Crippen molar-refractivity contribution in [3.63, 3.8) is 0 Å². The van der Waals surface area contributed by atoms with E-state index >= 15 is 0 Å². The molecular formula is C20H23N7O. The van der Waals surface area contributed by atoms with E-state index in [0.29, 0.717) is 12.4 Å². The van der Waals surface area contributed by atoms with Crippen LogP contribution in [0.5, 0.6) is 0 Å². The summed E-state index contributed by atoms with van der Waals surface area (Å²) < 4.78 is 5.60. The molecule has 1 aliphatic heterocycles. The Hall–Kier alpha value is -3.42. The van der Waals surface area contributed by atoms with Crippen molar-refractivity contribution in [1.82, 2.24) is 25.2 Å².